The molecule has 1 atom stereocenters. The molecular weight excluding hydrogens is 349 g/mol. The fraction of sp³-hybridized carbons (Fsp3) is 0.316. The Morgan fingerprint density at radius 3 is 2.89 bits per heavy atom. The van der Waals surface area contributed by atoms with Crippen LogP contribution in [-0.2, 0) is 18.4 Å². The standard InChI is InChI=1S/C19H20FN5O2/c1-12-6-7-15(24(12)2)19-23-22-16(27-19)11-25-9-8-21-18(26)17(25)13-4-3-5-14(20)10-13/h3-7,10,17H,8-9,11H2,1-2H3,(H,21,26). The first-order valence-electron chi connectivity index (χ1n) is 8.75. The Kier molecular flexibility index (Phi) is 4.49. The minimum absolute atomic E-state index is 0.162. The zero-order valence-electron chi connectivity index (χ0n) is 15.1. The van der Waals surface area contributed by atoms with Crippen molar-refractivity contribution in [2.24, 2.45) is 7.05 Å². The summed E-state index contributed by atoms with van der Waals surface area (Å²) >= 11 is 0. The molecule has 1 saturated heterocycles. The molecule has 8 heteroatoms. The number of hydrogen-bond donors (Lipinski definition) is 1. The van der Waals surface area contributed by atoms with Gasteiger partial charge >= 0.3 is 0 Å². The van der Waals surface area contributed by atoms with Crippen molar-refractivity contribution in [2.75, 3.05) is 13.1 Å². The third-order valence-electron chi connectivity index (χ3n) is 4.87. The average molecular weight is 369 g/mol. The molecule has 1 fully saturated rings. The molecule has 0 saturated carbocycles. The van der Waals surface area contributed by atoms with Gasteiger partial charge in [-0.15, -0.1) is 10.2 Å². The Morgan fingerprint density at radius 2 is 2.15 bits per heavy atom. The van der Waals surface area contributed by atoms with Crippen LogP contribution in [0.15, 0.2) is 40.8 Å². The zero-order chi connectivity index (χ0) is 19.0. The van der Waals surface area contributed by atoms with Gasteiger partial charge in [-0.25, -0.2) is 4.39 Å². The number of hydrogen-bond acceptors (Lipinski definition) is 5. The lowest BCUT2D eigenvalue weighted by Gasteiger charge is -2.34. The Labute approximate surface area is 155 Å². The van der Waals surface area contributed by atoms with Gasteiger partial charge in [-0.2, -0.15) is 0 Å². The summed E-state index contributed by atoms with van der Waals surface area (Å²) in [6.45, 7) is 3.43. The van der Waals surface area contributed by atoms with Gasteiger partial charge in [0.25, 0.3) is 5.89 Å². The van der Waals surface area contributed by atoms with E-state index in [0.29, 0.717) is 37.0 Å². The molecule has 0 bridgehead atoms. The van der Waals surface area contributed by atoms with Gasteiger partial charge in [0.05, 0.1) is 6.54 Å². The first kappa shape index (κ1) is 17.4. The molecular formula is C19H20FN5O2. The molecule has 7 nitrogen and oxygen atoms in total. The highest BCUT2D eigenvalue weighted by atomic mass is 19.1. The molecule has 140 valence electrons. The SMILES string of the molecule is Cc1ccc(-c2nnc(CN3CCNC(=O)C3c3cccc(F)c3)o2)n1C. The van der Waals surface area contributed by atoms with E-state index in [1.807, 2.05) is 35.6 Å². The summed E-state index contributed by atoms with van der Waals surface area (Å²) in [6.07, 6.45) is 0. The maximum atomic E-state index is 13.6. The number of amides is 1. The Bertz CT molecular complexity index is 980. The number of carbonyl (C=O) groups is 1. The summed E-state index contributed by atoms with van der Waals surface area (Å²) in [7, 11) is 1.93. The molecule has 4 rings (SSSR count). The normalized spacial score (nSPS) is 17.9. The van der Waals surface area contributed by atoms with Crippen LogP contribution in [0, 0.1) is 12.7 Å². The van der Waals surface area contributed by atoms with Crippen LogP contribution in [0.1, 0.15) is 23.2 Å². The van der Waals surface area contributed by atoms with Crippen molar-refractivity contribution in [2.45, 2.75) is 19.5 Å². The van der Waals surface area contributed by atoms with Crippen molar-refractivity contribution < 1.29 is 13.6 Å². The molecule has 1 unspecified atom stereocenters. The maximum Gasteiger partial charge on any atom is 0.264 e. The summed E-state index contributed by atoms with van der Waals surface area (Å²) in [6, 6.07) is 9.41. The number of nitrogens with zero attached hydrogens (tertiary/aromatic N) is 4. The predicted molar refractivity (Wildman–Crippen MR) is 96.0 cm³/mol. The van der Waals surface area contributed by atoms with Crippen LogP contribution >= 0.6 is 0 Å². The fourth-order valence-corrected chi connectivity index (χ4v) is 3.35. The van der Waals surface area contributed by atoms with Crippen LogP contribution in [0.2, 0.25) is 0 Å². The first-order valence-corrected chi connectivity index (χ1v) is 8.75. The topological polar surface area (TPSA) is 76.2 Å². The number of nitrogens with one attached hydrogen (secondary N) is 1. The second kappa shape index (κ2) is 6.96. The van der Waals surface area contributed by atoms with Crippen LogP contribution in [0.3, 0.4) is 0 Å². The quantitative estimate of drug-likeness (QED) is 0.763. The van der Waals surface area contributed by atoms with Gasteiger partial charge in [0.1, 0.15) is 17.6 Å². The van der Waals surface area contributed by atoms with Gasteiger partial charge in [-0.05, 0) is 36.8 Å². The number of carbonyl (C=O) groups excluding carboxylic acids is 1. The molecule has 1 aliphatic heterocycles. The number of aromatic nitrogens is 3. The fourth-order valence-electron chi connectivity index (χ4n) is 3.35. The van der Waals surface area contributed by atoms with Crippen molar-refractivity contribution in [1.82, 2.24) is 25.0 Å². The van der Waals surface area contributed by atoms with E-state index in [-0.39, 0.29) is 11.7 Å². The predicted octanol–water partition coefficient (Wildman–Crippen LogP) is 2.20. The van der Waals surface area contributed by atoms with Crippen LogP contribution < -0.4 is 5.32 Å². The molecule has 3 heterocycles. The van der Waals surface area contributed by atoms with Crippen LogP contribution in [0.25, 0.3) is 11.6 Å². The number of rotatable bonds is 4. The largest absolute Gasteiger partial charge is 0.418 e. The second-order valence-corrected chi connectivity index (χ2v) is 6.64. The van der Waals surface area contributed by atoms with E-state index in [4.69, 9.17) is 4.42 Å². The van der Waals surface area contributed by atoms with Gasteiger partial charge in [-0.1, -0.05) is 12.1 Å². The van der Waals surface area contributed by atoms with Crippen LogP contribution in [0.5, 0.6) is 0 Å². The van der Waals surface area contributed by atoms with Crippen molar-refractivity contribution in [3.8, 4) is 11.6 Å². The minimum Gasteiger partial charge on any atom is -0.418 e. The lowest BCUT2D eigenvalue weighted by Crippen LogP contribution is -2.49. The van der Waals surface area contributed by atoms with E-state index in [1.165, 1.54) is 12.1 Å². The number of aryl methyl sites for hydroxylation is 1. The molecule has 1 aromatic carbocycles. The summed E-state index contributed by atoms with van der Waals surface area (Å²) in [5, 5.41) is 11.1. The molecule has 1 aliphatic rings. The average Bonchev–Trinajstić information content (AvgIpc) is 3.22. The third-order valence-corrected chi connectivity index (χ3v) is 4.87. The summed E-state index contributed by atoms with van der Waals surface area (Å²) in [5.41, 5.74) is 2.53. The number of halogens is 1. The molecule has 2 aromatic heterocycles. The number of piperazine rings is 1. The van der Waals surface area contributed by atoms with Crippen molar-refractivity contribution in [3.05, 3.63) is 59.4 Å². The van der Waals surface area contributed by atoms with Gasteiger partial charge in [0.15, 0.2) is 0 Å². The molecule has 3 aromatic rings. The Balaban J connectivity index is 1.59. The van der Waals surface area contributed by atoms with E-state index < -0.39 is 6.04 Å². The van der Waals surface area contributed by atoms with Crippen molar-refractivity contribution in [1.29, 1.82) is 0 Å². The van der Waals surface area contributed by atoms with Gasteiger partial charge in [-0.3, -0.25) is 9.69 Å². The maximum absolute atomic E-state index is 13.6. The van der Waals surface area contributed by atoms with E-state index >= 15 is 0 Å². The zero-order valence-corrected chi connectivity index (χ0v) is 15.1. The van der Waals surface area contributed by atoms with E-state index in [9.17, 15) is 9.18 Å². The van der Waals surface area contributed by atoms with E-state index in [0.717, 1.165) is 11.4 Å². The molecule has 1 N–H and O–H groups in total. The lowest BCUT2D eigenvalue weighted by atomic mass is 10.0. The first-order chi connectivity index (χ1) is 13.0. The second-order valence-electron chi connectivity index (χ2n) is 6.64. The molecule has 1 amide bonds. The highest BCUT2D eigenvalue weighted by Gasteiger charge is 2.32. The van der Waals surface area contributed by atoms with Crippen LogP contribution in [0.4, 0.5) is 4.39 Å². The summed E-state index contributed by atoms with van der Waals surface area (Å²) < 4.78 is 21.4. The Morgan fingerprint density at radius 1 is 1.30 bits per heavy atom. The van der Waals surface area contributed by atoms with E-state index in [1.54, 1.807) is 12.1 Å². The van der Waals surface area contributed by atoms with Gasteiger partial charge < -0.3 is 14.3 Å². The molecule has 0 aliphatic carbocycles. The summed E-state index contributed by atoms with van der Waals surface area (Å²) in [4.78, 5) is 14.4. The van der Waals surface area contributed by atoms with Gasteiger partial charge in [0, 0.05) is 25.8 Å². The third kappa shape index (κ3) is 3.35. The van der Waals surface area contributed by atoms with Crippen LogP contribution in [-0.4, -0.2) is 38.7 Å². The Hall–Kier alpha value is -3.00. The molecule has 27 heavy (non-hydrogen) atoms. The molecule has 0 spiro atoms. The number of benzene rings is 1. The van der Waals surface area contributed by atoms with Crippen molar-refractivity contribution in [3.63, 3.8) is 0 Å². The van der Waals surface area contributed by atoms with Gasteiger partial charge in [0.2, 0.25) is 11.8 Å². The minimum atomic E-state index is -0.595. The lowest BCUT2D eigenvalue weighted by molar-refractivity contribution is -0.129. The van der Waals surface area contributed by atoms with Crippen molar-refractivity contribution >= 4 is 5.91 Å². The summed E-state index contributed by atoms with van der Waals surface area (Å²) in [5.74, 6) is 0.318. The molecule has 0 radical (unpaired) electrons. The highest BCUT2D eigenvalue weighted by molar-refractivity contribution is 5.83. The van der Waals surface area contributed by atoms with E-state index in [2.05, 4.69) is 15.5 Å². The highest BCUT2D eigenvalue weighted by Crippen LogP contribution is 2.26. The monoisotopic (exact) mass is 369 g/mol. The smallest absolute Gasteiger partial charge is 0.264 e.